The number of aromatic nitrogens is 4. The van der Waals surface area contributed by atoms with Gasteiger partial charge in [0.05, 0.1) is 33.7 Å². The number of imidazole rings is 1. The standard InChI is InChI=1S/C46H40N3O.C15H16N.Ir/c1-26(2)34-23-30(29-16-9-8-10-17-29)24-35(27(3)4)42(34)49-41-28(5)15-13-22-38(41)47-45(49)33-20-14-19-32-40-39(50-43(32)33)25-36-31-18-11-12-21-37(31)46(6,7)44(36)48-40;1-15(2,3)13-9-10-16-14(11-13)12-7-5-4-6-8-12;/h8-19,21-27H,1-7H3;4-7,9-11H,1-3H3;/q2*-1;/i5D3;;. The van der Waals surface area contributed by atoms with E-state index < -0.39 is 6.85 Å². The molecule has 4 heterocycles. The third-order valence-corrected chi connectivity index (χ3v) is 13.1. The van der Waals surface area contributed by atoms with Crippen LogP contribution in [0.2, 0.25) is 0 Å². The summed E-state index contributed by atoms with van der Waals surface area (Å²) in [6.45, 7) is 17.5. The molecule has 0 unspecified atom stereocenters. The third-order valence-electron chi connectivity index (χ3n) is 13.1. The van der Waals surface area contributed by atoms with Crippen LogP contribution in [0, 0.1) is 19.0 Å². The molecule has 0 atom stereocenters. The molecule has 0 spiro atoms. The summed E-state index contributed by atoms with van der Waals surface area (Å²) in [5.41, 5.74) is 17.4. The molecule has 4 aromatic heterocycles. The normalized spacial score (nSPS) is 13.7. The van der Waals surface area contributed by atoms with Gasteiger partial charge in [0.1, 0.15) is 5.58 Å². The Morgan fingerprint density at radius 1 is 0.716 bits per heavy atom. The van der Waals surface area contributed by atoms with E-state index in [2.05, 4.69) is 163 Å². The Morgan fingerprint density at radius 3 is 2.15 bits per heavy atom. The first-order chi connectivity index (χ1) is 32.9. The molecule has 337 valence electrons. The summed E-state index contributed by atoms with van der Waals surface area (Å²) in [5, 5.41) is 0.866. The summed E-state index contributed by atoms with van der Waals surface area (Å²) in [6.07, 6.45) is 1.87. The molecule has 0 aliphatic heterocycles. The zero-order chi connectivity index (χ0) is 48.6. The van der Waals surface area contributed by atoms with Gasteiger partial charge in [-0.15, -0.1) is 54.1 Å². The van der Waals surface area contributed by atoms with Crippen molar-refractivity contribution in [2.75, 3.05) is 0 Å². The second kappa shape index (κ2) is 17.6. The first-order valence-corrected chi connectivity index (χ1v) is 23.0. The number of hydrogen-bond donors (Lipinski definition) is 0. The van der Waals surface area contributed by atoms with Crippen molar-refractivity contribution in [2.45, 2.75) is 91.8 Å². The number of fused-ring (bicyclic) bond motifs is 7. The first-order valence-electron chi connectivity index (χ1n) is 24.5. The number of furan rings is 1. The minimum absolute atomic E-state index is 0. The number of pyridine rings is 2. The Bertz CT molecular complexity index is 3530. The van der Waals surface area contributed by atoms with E-state index in [1.165, 1.54) is 16.7 Å². The summed E-state index contributed by atoms with van der Waals surface area (Å²) in [7, 11) is 0. The van der Waals surface area contributed by atoms with Gasteiger partial charge >= 0.3 is 0 Å². The number of aryl methyl sites for hydroxylation is 1. The van der Waals surface area contributed by atoms with Gasteiger partial charge in [0.25, 0.3) is 0 Å². The SMILES string of the molecule is CC(C)(C)c1ccnc(-c2[c-]cccc2)c1.[2H]C([2H])([2H])c1cccc2nc(-c3[c-]ccc4c3oc3cc5c(nc34)C(C)(C)c3ccccc3-5)n(-c3c(C(C)C)cc(-c4ccccc4)cc3C(C)C)c12.[Ir]. The maximum atomic E-state index is 8.66. The van der Waals surface area contributed by atoms with E-state index in [9.17, 15) is 0 Å². The molecule has 6 aromatic carbocycles. The van der Waals surface area contributed by atoms with Gasteiger partial charge in [-0.1, -0.05) is 141 Å². The van der Waals surface area contributed by atoms with Gasteiger partial charge in [-0.05, 0) is 110 Å². The van der Waals surface area contributed by atoms with E-state index in [0.29, 0.717) is 33.6 Å². The fourth-order valence-corrected chi connectivity index (χ4v) is 9.62. The molecule has 1 radical (unpaired) electrons. The van der Waals surface area contributed by atoms with Gasteiger partial charge in [-0.3, -0.25) is 4.98 Å². The van der Waals surface area contributed by atoms with Crippen molar-refractivity contribution in [3.8, 4) is 50.6 Å². The van der Waals surface area contributed by atoms with Crippen molar-refractivity contribution < 1.29 is 28.6 Å². The predicted octanol–water partition coefficient (Wildman–Crippen LogP) is 16.2. The van der Waals surface area contributed by atoms with Gasteiger partial charge < -0.3 is 14.0 Å². The van der Waals surface area contributed by atoms with Crippen molar-refractivity contribution in [3.05, 3.63) is 191 Å². The van der Waals surface area contributed by atoms with Crippen LogP contribution in [-0.2, 0) is 30.9 Å². The molecule has 5 nitrogen and oxygen atoms in total. The Labute approximate surface area is 412 Å². The summed E-state index contributed by atoms with van der Waals surface area (Å²) in [5.74, 6) is 0.802. The van der Waals surface area contributed by atoms with Crippen molar-refractivity contribution in [3.63, 3.8) is 0 Å². The maximum Gasteiger partial charge on any atom is 0.140 e. The third kappa shape index (κ3) is 8.04. The maximum absolute atomic E-state index is 8.66. The van der Waals surface area contributed by atoms with E-state index in [1.54, 1.807) is 12.1 Å². The molecule has 10 aromatic rings. The van der Waals surface area contributed by atoms with Gasteiger partial charge in [-0.2, -0.15) is 0 Å². The van der Waals surface area contributed by atoms with Crippen LogP contribution in [0.5, 0.6) is 0 Å². The molecule has 0 amide bonds. The van der Waals surface area contributed by atoms with Crippen LogP contribution in [0.15, 0.2) is 150 Å². The van der Waals surface area contributed by atoms with Crippen LogP contribution in [0.25, 0.3) is 83.7 Å². The molecule has 6 heteroatoms. The van der Waals surface area contributed by atoms with Crippen molar-refractivity contribution in [1.82, 2.24) is 19.5 Å². The Hall–Kier alpha value is -6.46. The molecule has 0 fully saturated rings. The molecular formula is C61H56IrN4O-2. The monoisotopic (exact) mass is 1060 g/mol. The minimum atomic E-state index is -2.38. The van der Waals surface area contributed by atoms with Crippen LogP contribution in [-0.4, -0.2) is 19.5 Å². The van der Waals surface area contributed by atoms with Crippen LogP contribution >= 0.6 is 0 Å². The quantitative estimate of drug-likeness (QED) is 0.156. The Morgan fingerprint density at radius 2 is 1.45 bits per heavy atom. The Kier molecular flexibility index (Phi) is 11.0. The molecule has 1 aliphatic rings. The molecule has 0 N–H and O–H groups in total. The number of para-hydroxylation sites is 1. The largest absolute Gasteiger partial charge is 0.499 e. The van der Waals surface area contributed by atoms with Gasteiger partial charge in [0, 0.05) is 47.1 Å². The minimum Gasteiger partial charge on any atom is -0.499 e. The molecule has 0 saturated heterocycles. The molecule has 67 heavy (non-hydrogen) atoms. The van der Waals surface area contributed by atoms with Crippen molar-refractivity contribution >= 4 is 33.1 Å². The number of hydrogen-bond acceptors (Lipinski definition) is 4. The van der Waals surface area contributed by atoms with E-state index >= 15 is 0 Å². The van der Waals surface area contributed by atoms with E-state index in [0.717, 1.165) is 61.4 Å². The van der Waals surface area contributed by atoms with Crippen LogP contribution in [0.3, 0.4) is 0 Å². The fourth-order valence-electron chi connectivity index (χ4n) is 9.62. The molecule has 1 aliphatic carbocycles. The average Bonchev–Trinajstić information content (AvgIpc) is 3.98. The van der Waals surface area contributed by atoms with Gasteiger partial charge in [0.2, 0.25) is 0 Å². The molecule has 0 bridgehead atoms. The zero-order valence-electron chi connectivity index (χ0n) is 42.5. The van der Waals surface area contributed by atoms with Crippen LogP contribution in [0.1, 0.15) is 112 Å². The number of nitrogens with zero attached hydrogens (tertiary/aromatic N) is 4. The molecule has 11 rings (SSSR count). The summed E-state index contributed by atoms with van der Waals surface area (Å²) in [6, 6.07) is 53.7. The van der Waals surface area contributed by atoms with Crippen LogP contribution in [0.4, 0.5) is 0 Å². The van der Waals surface area contributed by atoms with E-state index in [4.69, 9.17) is 18.5 Å². The summed E-state index contributed by atoms with van der Waals surface area (Å²) < 4.78 is 34.9. The Balaban J connectivity index is 0.000000304. The van der Waals surface area contributed by atoms with E-state index in [1.807, 2.05) is 54.7 Å². The van der Waals surface area contributed by atoms with Gasteiger partial charge in [-0.25, -0.2) is 4.98 Å². The first kappa shape index (κ1) is 41.9. The van der Waals surface area contributed by atoms with Gasteiger partial charge in [0.15, 0.2) is 0 Å². The predicted molar refractivity (Wildman–Crippen MR) is 274 cm³/mol. The number of rotatable bonds is 6. The second-order valence-electron chi connectivity index (χ2n) is 19.7. The topological polar surface area (TPSA) is 56.7 Å². The number of benzene rings is 6. The summed E-state index contributed by atoms with van der Waals surface area (Å²) in [4.78, 5) is 15.0. The smallest absolute Gasteiger partial charge is 0.140 e. The summed E-state index contributed by atoms with van der Waals surface area (Å²) >= 11 is 0. The van der Waals surface area contributed by atoms with E-state index in [-0.39, 0.29) is 48.3 Å². The zero-order valence-corrected chi connectivity index (χ0v) is 41.9. The average molecular weight is 1060 g/mol. The molecule has 0 saturated carbocycles. The van der Waals surface area contributed by atoms with Crippen LogP contribution < -0.4 is 0 Å². The fraction of sp³-hybridized carbons (Fsp3) is 0.230. The second-order valence-corrected chi connectivity index (χ2v) is 19.7. The molecular weight excluding hydrogens is 997 g/mol. The van der Waals surface area contributed by atoms with Crippen molar-refractivity contribution in [1.29, 1.82) is 0 Å². The van der Waals surface area contributed by atoms with Crippen molar-refractivity contribution in [2.24, 2.45) is 0 Å².